The molecule has 1 aromatic carbocycles. The van der Waals surface area contributed by atoms with E-state index in [4.69, 9.17) is 4.74 Å². The van der Waals surface area contributed by atoms with Gasteiger partial charge in [0.15, 0.2) is 6.61 Å². The maximum atomic E-state index is 12.7. The molecule has 158 valence electrons. The van der Waals surface area contributed by atoms with Crippen molar-refractivity contribution >= 4 is 11.8 Å². The molecule has 1 spiro atoms. The third kappa shape index (κ3) is 4.13. The third-order valence-corrected chi connectivity index (χ3v) is 7.19. The van der Waals surface area contributed by atoms with E-state index < -0.39 is 0 Å². The van der Waals surface area contributed by atoms with Gasteiger partial charge in [0.2, 0.25) is 5.91 Å². The Morgan fingerprint density at radius 2 is 1.97 bits per heavy atom. The lowest BCUT2D eigenvalue weighted by Gasteiger charge is -2.42. The van der Waals surface area contributed by atoms with E-state index in [2.05, 4.69) is 24.1 Å². The van der Waals surface area contributed by atoms with Crippen molar-refractivity contribution in [2.45, 2.75) is 38.6 Å². The van der Waals surface area contributed by atoms with Gasteiger partial charge in [-0.3, -0.25) is 9.59 Å². The highest BCUT2D eigenvalue weighted by Gasteiger charge is 2.57. The number of nitrogens with one attached hydrogen (secondary N) is 1. The van der Waals surface area contributed by atoms with Gasteiger partial charge in [0, 0.05) is 44.2 Å². The smallest absolute Gasteiger partial charge is 0.260 e. The molecule has 0 aliphatic carbocycles. The van der Waals surface area contributed by atoms with Gasteiger partial charge in [-0.1, -0.05) is 38.5 Å². The first-order valence-corrected chi connectivity index (χ1v) is 11.0. The van der Waals surface area contributed by atoms with Gasteiger partial charge in [0.25, 0.3) is 5.91 Å². The SMILES string of the molecule is CC[C@@H](C)CN1C[C@H]2C(=O)NC3(CCN(C(=O)COc4ccccc4)CC3)[C@H]2C1. The minimum absolute atomic E-state index is 0.0226. The Morgan fingerprint density at radius 3 is 2.66 bits per heavy atom. The maximum absolute atomic E-state index is 12.7. The number of piperidine rings is 1. The first-order valence-electron chi connectivity index (χ1n) is 11.0. The van der Waals surface area contributed by atoms with Gasteiger partial charge in [-0.25, -0.2) is 0 Å². The molecule has 6 heteroatoms. The molecule has 29 heavy (non-hydrogen) atoms. The second-order valence-corrected chi connectivity index (χ2v) is 9.07. The van der Waals surface area contributed by atoms with Crippen LogP contribution in [0.15, 0.2) is 30.3 Å². The molecule has 3 saturated heterocycles. The van der Waals surface area contributed by atoms with Crippen molar-refractivity contribution in [1.82, 2.24) is 15.1 Å². The standard InChI is InChI=1S/C23H33N3O3/c1-3-17(2)13-25-14-19-20(15-25)23(24-22(19)28)9-11-26(12-10-23)21(27)16-29-18-7-5-4-6-8-18/h4-8,17,19-20H,3,9-16H2,1-2H3,(H,24,28)/t17-,19-,20+/m1/s1. The number of hydrogen-bond acceptors (Lipinski definition) is 4. The lowest BCUT2D eigenvalue weighted by Crippen LogP contribution is -2.56. The highest BCUT2D eigenvalue weighted by molar-refractivity contribution is 5.84. The average molecular weight is 400 g/mol. The molecule has 0 saturated carbocycles. The maximum Gasteiger partial charge on any atom is 0.260 e. The van der Waals surface area contributed by atoms with Crippen LogP contribution in [0.3, 0.4) is 0 Å². The summed E-state index contributed by atoms with van der Waals surface area (Å²) in [4.78, 5) is 29.6. The van der Waals surface area contributed by atoms with Crippen LogP contribution in [0, 0.1) is 17.8 Å². The molecule has 3 atom stereocenters. The molecular formula is C23H33N3O3. The number of benzene rings is 1. The zero-order valence-electron chi connectivity index (χ0n) is 17.6. The number of hydrogen-bond donors (Lipinski definition) is 1. The summed E-state index contributed by atoms with van der Waals surface area (Å²) in [6.45, 7) is 8.91. The fourth-order valence-electron chi connectivity index (χ4n) is 5.26. The Balaban J connectivity index is 1.32. The van der Waals surface area contributed by atoms with Crippen molar-refractivity contribution in [2.24, 2.45) is 17.8 Å². The number of fused-ring (bicyclic) bond motifs is 2. The molecule has 4 rings (SSSR count). The van der Waals surface area contributed by atoms with Gasteiger partial charge in [0.1, 0.15) is 5.75 Å². The summed E-state index contributed by atoms with van der Waals surface area (Å²) in [7, 11) is 0. The third-order valence-electron chi connectivity index (χ3n) is 7.19. The van der Waals surface area contributed by atoms with Gasteiger partial charge in [0.05, 0.1) is 5.92 Å². The van der Waals surface area contributed by atoms with Crippen LogP contribution in [0.4, 0.5) is 0 Å². The number of para-hydroxylation sites is 1. The van der Waals surface area contributed by atoms with Crippen molar-refractivity contribution in [2.75, 3.05) is 39.3 Å². The molecule has 3 aliphatic rings. The number of amides is 2. The second kappa shape index (κ2) is 8.34. The largest absolute Gasteiger partial charge is 0.484 e. The normalized spacial score (nSPS) is 27.0. The topological polar surface area (TPSA) is 61.9 Å². The lowest BCUT2D eigenvalue weighted by atomic mass is 9.75. The number of carbonyl (C=O) groups is 2. The number of nitrogens with zero attached hydrogens (tertiary/aromatic N) is 2. The van der Waals surface area contributed by atoms with E-state index in [0.29, 0.717) is 30.7 Å². The van der Waals surface area contributed by atoms with E-state index in [0.717, 1.165) is 32.5 Å². The van der Waals surface area contributed by atoms with Crippen LogP contribution in [-0.2, 0) is 9.59 Å². The average Bonchev–Trinajstić information content (AvgIpc) is 3.27. The van der Waals surface area contributed by atoms with Crippen molar-refractivity contribution < 1.29 is 14.3 Å². The molecule has 1 N–H and O–H groups in total. The molecular weight excluding hydrogens is 366 g/mol. The molecule has 3 aliphatic heterocycles. The number of ether oxygens (including phenoxy) is 1. The monoisotopic (exact) mass is 399 g/mol. The quantitative estimate of drug-likeness (QED) is 0.796. The molecule has 0 bridgehead atoms. The predicted octanol–water partition coefficient (Wildman–Crippen LogP) is 2.15. The van der Waals surface area contributed by atoms with Crippen molar-refractivity contribution in [3.8, 4) is 5.75 Å². The Labute approximate surface area is 173 Å². The van der Waals surface area contributed by atoms with Crippen LogP contribution in [0.5, 0.6) is 5.75 Å². The molecule has 2 amide bonds. The summed E-state index contributed by atoms with van der Waals surface area (Å²) < 4.78 is 5.62. The molecule has 3 heterocycles. The van der Waals surface area contributed by atoms with E-state index in [1.807, 2.05) is 35.2 Å². The Morgan fingerprint density at radius 1 is 1.24 bits per heavy atom. The Bertz CT molecular complexity index is 730. The van der Waals surface area contributed by atoms with E-state index in [-0.39, 0.29) is 29.9 Å². The molecule has 3 fully saturated rings. The van der Waals surface area contributed by atoms with Crippen molar-refractivity contribution in [3.63, 3.8) is 0 Å². The molecule has 0 aromatic heterocycles. The fourth-order valence-corrected chi connectivity index (χ4v) is 5.26. The fraction of sp³-hybridized carbons (Fsp3) is 0.652. The summed E-state index contributed by atoms with van der Waals surface area (Å²) in [5.41, 5.74) is -0.136. The summed E-state index contributed by atoms with van der Waals surface area (Å²) >= 11 is 0. The van der Waals surface area contributed by atoms with Crippen LogP contribution in [-0.4, -0.2) is 66.5 Å². The zero-order chi connectivity index (χ0) is 20.4. The summed E-state index contributed by atoms with van der Waals surface area (Å²) in [6, 6.07) is 9.44. The number of rotatable bonds is 6. The minimum atomic E-state index is -0.136. The molecule has 1 aromatic rings. The number of carbonyl (C=O) groups excluding carboxylic acids is 2. The Kier molecular flexibility index (Phi) is 5.81. The van der Waals surface area contributed by atoms with Gasteiger partial charge in [-0.15, -0.1) is 0 Å². The highest BCUT2D eigenvalue weighted by atomic mass is 16.5. The minimum Gasteiger partial charge on any atom is -0.484 e. The van der Waals surface area contributed by atoms with Gasteiger partial charge in [-0.05, 0) is 30.9 Å². The van der Waals surface area contributed by atoms with Crippen molar-refractivity contribution in [3.05, 3.63) is 30.3 Å². The highest BCUT2D eigenvalue weighted by Crippen LogP contribution is 2.44. The number of likely N-dealkylation sites (tertiary alicyclic amines) is 2. The van der Waals surface area contributed by atoms with Crippen LogP contribution in [0.1, 0.15) is 33.1 Å². The van der Waals surface area contributed by atoms with Crippen molar-refractivity contribution in [1.29, 1.82) is 0 Å². The predicted molar refractivity (Wildman–Crippen MR) is 111 cm³/mol. The molecule has 0 unspecified atom stereocenters. The van der Waals surface area contributed by atoms with Crippen LogP contribution in [0.25, 0.3) is 0 Å². The van der Waals surface area contributed by atoms with Gasteiger partial charge < -0.3 is 19.9 Å². The van der Waals surface area contributed by atoms with E-state index in [1.54, 1.807) is 0 Å². The summed E-state index contributed by atoms with van der Waals surface area (Å²) in [5, 5.41) is 3.34. The van der Waals surface area contributed by atoms with Crippen LogP contribution < -0.4 is 10.1 Å². The van der Waals surface area contributed by atoms with Crippen LogP contribution in [0.2, 0.25) is 0 Å². The van der Waals surface area contributed by atoms with E-state index in [1.165, 1.54) is 6.42 Å². The summed E-state index contributed by atoms with van der Waals surface area (Å²) in [5.74, 6) is 2.10. The lowest BCUT2D eigenvalue weighted by molar-refractivity contribution is -0.135. The summed E-state index contributed by atoms with van der Waals surface area (Å²) in [6.07, 6.45) is 2.85. The Hall–Kier alpha value is -2.08. The van der Waals surface area contributed by atoms with Gasteiger partial charge >= 0.3 is 0 Å². The van der Waals surface area contributed by atoms with E-state index in [9.17, 15) is 9.59 Å². The molecule has 0 radical (unpaired) electrons. The van der Waals surface area contributed by atoms with Gasteiger partial charge in [-0.2, -0.15) is 0 Å². The first kappa shape index (κ1) is 20.2. The second-order valence-electron chi connectivity index (χ2n) is 9.07. The molecule has 6 nitrogen and oxygen atoms in total. The zero-order valence-corrected chi connectivity index (χ0v) is 17.6. The first-order chi connectivity index (χ1) is 14.0. The van der Waals surface area contributed by atoms with E-state index >= 15 is 0 Å². The van der Waals surface area contributed by atoms with Crippen LogP contribution >= 0.6 is 0 Å².